The minimum Gasteiger partial charge on any atom is -0.508 e. The van der Waals surface area contributed by atoms with Crippen molar-refractivity contribution in [1.29, 1.82) is 0 Å². The van der Waals surface area contributed by atoms with Crippen molar-refractivity contribution in [3.05, 3.63) is 52.6 Å². The van der Waals surface area contributed by atoms with Gasteiger partial charge in [-0.15, -0.1) is 0 Å². The molecule has 0 unspecified atom stereocenters. The fourth-order valence-corrected chi connectivity index (χ4v) is 2.03. The zero-order valence-corrected chi connectivity index (χ0v) is 10.6. The number of aromatic nitrogens is 2. The van der Waals surface area contributed by atoms with Gasteiger partial charge in [0.1, 0.15) is 11.6 Å². The van der Waals surface area contributed by atoms with E-state index in [0.29, 0.717) is 13.0 Å². The van der Waals surface area contributed by atoms with Gasteiger partial charge >= 0.3 is 0 Å². The van der Waals surface area contributed by atoms with Crippen molar-refractivity contribution in [1.82, 2.24) is 9.97 Å². The Balaban J connectivity index is 2.30. The SMILES string of the molecule is Cc1nc(Cc2cccc(O)c2)nc(C)c1CN. The fourth-order valence-electron chi connectivity index (χ4n) is 2.03. The minimum absolute atomic E-state index is 0.263. The standard InChI is InChI=1S/C14H17N3O/c1-9-13(8-15)10(2)17-14(16-9)7-11-4-3-5-12(18)6-11/h3-6,18H,7-8,15H2,1-2H3. The molecule has 0 aliphatic rings. The number of phenols is 1. The Kier molecular flexibility index (Phi) is 3.58. The van der Waals surface area contributed by atoms with Gasteiger partial charge in [-0.3, -0.25) is 0 Å². The second-order valence-corrected chi connectivity index (χ2v) is 4.34. The molecule has 0 bridgehead atoms. The summed E-state index contributed by atoms with van der Waals surface area (Å²) in [6.45, 7) is 4.36. The van der Waals surface area contributed by atoms with Crippen LogP contribution in [0.2, 0.25) is 0 Å². The lowest BCUT2D eigenvalue weighted by molar-refractivity contribution is 0.474. The number of phenolic OH excluding ortho intramolecular Hbond substituents is 1. The van der Waals surface area contributed by atoms with Crippen LogP contribution in [-0.2, 0) is 13.0 Å². The van der Waals surface area contributed by atoms with Gasteiger partial charge in [-0.25, -0.2) is 9.97 Å². The molecule has 0 saturated heterocycles. The third kappa shape index (κ3) is 2.65. The molecule has 0 atom stereocenters. The molecule has 0 amide bonds. The summed E-state index contributed by atoms with van der Waals surface area (Å²) in [5.74, 6) is 1.02. The topological polar surface area (TPSA) is 72.0 Å². The van der Waals surface area contributed by atoms with Crippen LogP contribution in [-0.4, -0.2) is 15.1 Å². The summed E-state index contributed by atoms with van der Waals surface area (Å²) >= 11 is 0. The van der Waals surface area contributed by atoms with Gasteiger partial charge in [-0.2, -0.15) is 0 Å². The Morgan fingerprint density at radius 2 is 1.83 bits per heavy atom. The molecule has 0 radical (unpaired) electrons. The van der Waals surface area contributed by atoms with Crippen LogP contribution in [0.4, 0.5) is 0 Å². The van der Waals surface area contributed by atoms with E-state index in [4.69, 9.17) is 5.73 Å². The van der Waals surface area contributed by atoms with E-state index in [-0.39, 0.29) is 5.75 Å². The molecule has 0 spiro atoms. The molecule has 4 heteroatoms. The zero-order chi connectivity index (χ0) is 13.1. The van der Waals surface area contributed by atoms with Gasteiger partial charge in [0.15, 0.2) is 0 Å². The van der Waals surface area contributed by atoms with E-state index >= 15 is 0 Å². The van der Waals surface area contributed by atoms with Crippen molar-refractivity contribution >= 4 is 0 Å². The van der Waals surface area contributed by atoms with Crippen LogP contribution in [0.1, 0.15) is 28.3 Å². The van der Waals surface area contributed by atoms with Crippen molar-refractivity contribution in [2.45, 2.75) is 26.8 Å². The number of benzene rings is 1. The largest absolute Gasteiger partial charge is 0.508 e. The van der Waals surface area contributed by atoms with Gasteiger partial charge in [-0.1, -0.05) is 12.1 Å². The highest BCUT2D eigenvalue weighted by atomic mass is 16.3. The van der Waals surface area contributed by atoms with Gasteiger partial charge < -0.3 is 10.8 Å². The van der Waals surface area contributed by atoms with Crippen molar-refractivity contribution in [2.75, 3.05) is 0 Å². The number of rotatable bonds is 3. The summed E-state index contributed by atoms with van der Waals surface area (Å²) in [4.78, 5) is 8.91. The first-order chi connectivity index (χ1) is 8.60. The third-order valence-corrected chi connectivity index (χ3v) is 2.94. The van der Waals surface area contributed by atoms with Crippen LogP contribution in [0.25, 0.3) is 0 Å². The number of hydrogen-bond acceptors (Lipinski definition) is 4. The predicted octanol–water partition coefficient (Wildman–Crippen LogP) is 1.85. The summed E-state index contributed by atoms with van der Waals surface area (Å²) in [5.41, 5.74) is 9.53. The lowest BCUT2D eigenvalue weighted by Gasteiger charge is -2.09. The quantitative estimate of drug-likeness (QED) is 0.863. The molecule has 0 aliphatic carbocycles. The molecule has 4 nitrogen and oxygen atoms in total. The van der Waals surface area contributed by atoms with Gasteiger partial charge in [-0.05, 0) is 31.5 Å². The second kappa shape index (κ2) is 5.14. The van der Waals surface area contributed by atoms with Crippen LogP contribution in [0, 0.1) is 13.8 Å². The van der Waals surface area contributed by atoms with E-state index < -0.39 is 0 Å². The van der Waals surface area contributed by atoms with Gasteiger partial charge in [0.25, 0.3) is 0 Å². The number of aromatic hydroxyl groups is 1. The summed E-state index contributed by atoms with van der Waals surface area (Å²) in [6.07, 6.45) is 0.612. The van der Waals surface area contributed by atoms with E-state index in [0.717, 1.165) is 28.3 Å². The maximum atomic E-state index is 9.43. The Morgan fingerprint density at radius 1 is 1.17 bits per heavy atom. The molecule has 1 aromatic carbocycles. The molecule has 2 rings (SSSR count). The Morgan fingerprint density at radius 3 is 2.39 bits per heavy atom. The highest BCUT2D eigenvalue weighted by Crippen LogP contribution is 2.15. The average Bonchev–Trinajstić information content (AvgIpc) is 2.28. The molecule has 18 heavy (non-hydrogen) atoms. The summed E-state index contributed by atoms with van der Waals surface area (Å²) in [5, 5.41) is 9.43. The van der Waals surface area contributed by atoms with Crippen molar-refractivity contribution < 1.29 is 5.11 Å². The Labute approximate surface area is 107 Å². The van der Waals surface area contributed by atoms with E-state index in [9.17, 15) is 5.11 Å². The Bertz CT molecular complexity index is 544. The lowest BCUT2D eigenvalue weighted by Crippen LogP contribution is -2.09. The van der Waals surface area contributed by atoms with Gasteiger partial charge in [0.2, 0.25) is 0 Å². The first kappa shape index (κ1) is 12.5. The summed E-state index contributed by atoms with van der Waals surface area (Å²) in [6, 6.07) is 7.15. The molecule has 94 valence electrons. The molecule has 1 heterocycles. The van der Waals surface area contributed by atoms with Crippen LogP contribution >= 0.6 is 0 Å². The highest BCUT2D eigenvalue weighted by Gasteiger charge is 2.07. The monoisotopic (exact) mass is 243 g/mol. The van der Waals surface area contributed by atoms with E-state index in [1.54, 1.807) is 12.1 Å². The number of hydrogen-bond donors (Lipinski definition) is 2. The van der Waals surface area contributed by atoms with Gasteiger partial charge in [0.05, 0.1) is 0 Å². The average molecular weight is 243 g/mol. The van der Waals surface area contributed by atoms with Crippen LogP contribution in [0.15, 0.2) is 24.3 Å². The molecule has 0 fully saturated rings. The first-order valence-corrected chi connectivity index (χ1v) is 5.91. The normalized spacial score (nSPS) is 10.6. The molecule has 3 N–H and O–H groups in total. The number of aryl methyl sites for hydroxylation is 2. The predicted molar refractivity (Wildman–Crippen MR) is 70.3 cm³/mol. The Hall–Kier alpha value is -1.94. The first-order valence-electron chi connectivity index (χ1n) is 5.91. The number of nitrogens with two attached hydrogens (primary N) is 1. The molecule has 1 aromatic heterocycles. The van der Waals surface area contributed by atoms with Crippen LogP contribution < -0.4 is 5.73 Å². The summed E-state index contributed by atoms with van der Waals surface area (Å²) < 4.78 is 0. The molecular weight excluding hydrogens is 226 g/mol. The van der Waals surface area contributed by atoms with Crippen molar-refractivity contribution in [3.63, 3.8) is 0 Å². The van der Waals surface area contributed by atoms with Crippen LogP contribution in [0.5, 0.6) is 5.75 Å². The molecule has 0 aliphatic heterocycles. The molecule has 2 aromatic rings. The molecule has 0 saturated carbocycles. The maximum absolute atomic E-state index is 9.43. The van der Waals surface area contributed by atoms with E-state index in [1.165, 1.54) is 0 Å². The van der Waals surface area contributed by atoms with Crippen molar-refractivity contribution in [3.8, 4) is 5.75 Å². The fraction of sp³-hybridized carbons (Fsp3) is 0.286. The zero-order valence-electron chi connectivity index (χ0n) is 10.6. The van der Waals surface area contributed by atoms with Crippen molar-refractivity contribution in [2.24, 2.45) is 5.73 Å². The number of nitrogens with zero attached hydrogens (tertiary/aromatic N) is 2. The van der Waals surface area contributed by atoms with E-state index in [1.807, 2.05) is 26.0 Å². The minimum atomic E-state index is 0.263. The van der Waals surface area contributed by atoms with Gasteiger partial charge in [0, 0.05) is 29.9 Å². The second-order valence-electron chi connectivity index (χ2n) is 4.34. The lowest BCUT2D eigenvalue weighted by atomic mass is 10.1. The maximum Gasteiger partial charge on any atom is 0.133 e. The highest BCUT2D eigenvalue weighted by molar-refractivity contribution is 5.30. The molecular formula is C14H17N3O. The third-order valence-electron chi connectivity index (χ3n) is 2.94. The van der Waals surface area contributed by atoms with Crippen LogP contribution in [0.3, 0.4) is 0 Å². The summed E-state index contributed by atoms with van der Waals surface area (Å²) in [7, 11) is 0. The van der Waals surface area contributed by atoms with E-state index in [2.05, 4.69) is 9.97 Å². The smallest absolute Gasteiger partial charge is 0.133 e.